The molecule has 0 saturated carbocycles. The monoisotopic (exact) mass is 440 g/mol. The average molecular weight is 441 g/mol. The van der Waals surface area contributed by atoms with E-state index in [2.05, 4.69) is 20.8 Å². The van der Waals surface area contributed by atoms with Crippen molar-refractivity contribution in [3.8, 4) is 11.4 Å². The van der Waals surface area contributed by atoms with E-state index in [1.54, 1.807) is 41.3 Å². The minimum atomic E-state index is -0.297. The van der Waals surface area contributed by atoms with Crippen LogP contribution in [0.15, 0.2) is 54.9 Å². The zero-order chi connectivity index (χ0) is 21.6. The predicted molar refractivity (Wildman–Crippen MR) is 114 cm³/mol. The third-order valence-corrected chi connectivity index (χ3v) is 5.37. The highest BCUT2D eigenvalue weighted by molar-refractivity contribution is 6.32. The van der Waals surface area contributed by atoms with Gasteiger partial charge in [0.2, 0.25) is 5.91 Å². The van der Waals surface area contributed by atoms with E-state index in [-0.39, 0.29) is 24.3 Å². The second-order valence-corrected chi connectivity index (χ2v) is 7.60. The Bertz CT molecular complexity index is 1060. The highest BCUT2D eigenvalue weighted by atomic mass is 35.5. The number of likely N-dealkylation sites (tertiary alicyclic amines) is 1. The Labute approximate surface area is 183 Å². The Hall–Kier alpha value is -3.46. The van der Waals surface area contributed by atoms with E-state index < -0.39 is 0 Å². The number of tetrazole rings is 1. The Kier molecular flexibility index (Phi) is 6.42. The molecule has 0 radical (unpaired) electrons. The van der Waals surface area contributed by atoms with Crippen LogP contribution in [0.5, 0.6) is 5.75 Å². The third-order valence-electron chi connectivity index (χ3n) is 5.06. The lowest BCUT2D eigenvalue weighted by atomic mass is 9.97. The standard InChI is InChI=1S/C21H21ClN6O3/c22-18-8-1-2-9-19(18)31-13-20(29)27-10-4-5-15(12-27)21(30)24-16-6-3-7-17(11-16)28-14-23-25-26-28/h1-3,6-9,11,14-15H,4-5,10,12-13H2,(H,24,30)/t15-/m0/s1. The van der Waals surface area contributed by atoms with E-state index in [9.17, 15) is 9.59 Å². The predicted octanol–water partition coefficient (Wildman–Crippen LogP) is 2.57. The van der Waals surface area contributed by atoms with Crippen molar-refractivity contribution in [1.82, 2.24) is 25.1 Å². The van der Waals surface area contributed by atoms with Crippen LogP contribution >= 0.6 is 11.6 Å². The maximum Gasteiger partial charge on any atom is 0.260 e. The maximum atomic E-state index is 12.8. The first-order valence-corrected chi connectivity index (χ1v) is 10.3. The molecule has 1 aliphatic rings. The fraction of sp³-hybridized carbons (Fsp3) is 0.286. The van der Waals surface area contributed by atoms with Gasteiger partial charge < -0.3 is 15.0 Å². The Balaban J connectivity index is 1.34. The smallest absolute Gasteiger partial charge is 0.260 e. The highest BCUT2D eigenvalue weighted by Gasteiger charge is 2.28. The van der Waals surface area contributed by atoms with Crippen LogP contribution in [0.3, 0.4) is 0 Å². The lowest BCUT2D eigenvalue weighted by Gasteiger charge is -2.32. The minimum absolute atomic E-state index is 0.119. The number of nitrogens with one attached hydrogen (secondary N) is 1. The van der Waals surface area contributed by atoms with E-state index in [1.165, 1.54) is 11.0 Å². The van der Waals surface area contributed by atoms with Crippen molar-refractivity contribution in [1.29, 1.82) is 0 Å². The molecule has 2 aromatic carbocycles. The number of amides is 2. The first-order chi connectivity index (χ1) is 15.1. The Morgan fingerprint density at radius 3 is 2.87 bits per heavy atom. The molecule has 160 valence electrons. The van der Waals surface area contributed by atoms with Gasteiger partial charge in [-0.15, -0.1) is 5.10 Å². The second kappa shape index (κ2) is 9.57. The first-order valence-electron chi connectivity index (χ1n) is 9.89. The van der Waals surface area contributed by atoms with Crippen molar-refractivity contribution in [2.45, 2.75) is 12.8 Å². The Morgan fingerprint density at radius 1 is 1.19 bits per heavy atom. The quantitative estimate of drug-likeness (QED) is 0.632. The lowest BCUT2D eigenvalue weighted by Crippen LogP contribution is -2.45. The highest BCUT2D eigenvalue weighted by Crippen LogP contribution is 2.24. The van der Waals surface area contributed by atoms with E-state index in [1.807, 2.05) is 12.1 Å². The summed E-state index contributed by atoms with van der Waals surface area (Å²) in [5.74, 6) is -0.127. The lowest BCUT2D eigenvalue weighted by molar-refractivity contribution is -0.136. The molecule has 3 aromatic rings. The molecule has 1 saturated heterocycles. The Morgan fingerprint density at radius 2 is 2.06 bits per heavy atom. The van der Waals surface area contributed by atoms with Crippen molar-refractivity contribution in [3.63, 3.8) is 0 Å². The minimum Gasteiger partial charge on any atom is -0.482 e. The van der Waals surface area contributed by atoms with E-state index in [4.69, 9.17) is 16.3 Å². The van der Waals surface area contributed by atoms with Gasteiger partial charge in [-0.05, 0) is 53.6 Å². The molecule has 9 nitrogen and oxygen atoms in total. The first kappa shape index (κ1) is 20.8. The van der Waals surface area contributed by atoms with Crippen molar-refractivity contribution in [3.05, 3.63) is 59.9 Å². The number of carbonyl (C=O) groups is 2. The molecule has 1 atom stereocenters. The van der Waals surface area contributed by atoms with Gasteiger partial charge in [0.05, 0.1) is 16.6 Å². The fourth-order valence-electron chi connectivity index (χ4n) is 3.46. The molecule has 1 fully saturated rings. The molecule has 1 N–H and O–H groups in total. The van der Waals surface area contributed by atoms with E-state index >= 15 is 0 Å². The van der Waals surface area contributed by atoms with Crippen molar-refractivity contribution >= 4 is 29.1 Å². The third kappa shape index (κ3) is 5.18. The van der Waals surface area contributed by atoms with Crippen LogP contribution < -0.4 is 10.1 Å². The summed E-state index contributed by atoms with van der Waals surface area (Å²) < 4.78 is 7.06. The second-order valence-electron chi connectivity index (χ2n) is 7.19. The molecular formula is C21H21ClN6O3. The number of piperidine rings is 1. The number of aromatic nitrogens is 4. The summed E-state index contributed by atoms with van der Waals surface area (Å²) in [7, 11) is 0. The molecule has 31 heavy (non-hydrogen) atoms. The van der Waals surface area contributed by atoms with Crippen LogP contribution in [-0.4, -0.2) is 56.6 Å². The van der Waals surface area contributed by atoms with Gasteiger partial charge in [0.1, 0.15) is 12.1 Å². The van der Waals surface area contributed by atoms with Crippen LogP contribution in [0.1, 0.15) is 12.8 Å². The zero-order valence-electron chi connectivity index (χ0n) is 16.6. The number of benzene rings is 2. The number of anilines is 1. The summed E-state index contributed by atoms with van der Waals surface area (Å²) in [4.78, 5) is 27.1. The number of hydrogen-bond acceptors (Lipinski definition) is 6. The molecule has 2 heterocycles. The SMILES string of the molecule is O=C(Nc1cccc(-n2cnnn2)c1)[C@H]1CCCN(C(=O)COc2ccccc2Cl)C1. The molecule has 2 amide bonds. The topological polar surface area (TPSA) is 102 Å². The summed E-state index contributed by atoms with van der Waals surface area (Å²) >= 11 is 6.06. The molecule has 1 aromatic heterocycles. The largest absolute Gasteiger partial charge is 0.482 e. The molecule has 0 aliphatic carbocycles. The van der Waals surface area contributed by atoms with Gasteiger partial charge in [0, 0.05) is 18.8 Å². The van der Waals surface area contributed by atoms with E-state index in [0.29, 0.717) is 36.0 Å². The number of ether oxygens (including phenoxy) is 1. The molecule has 0 bridgehead atoms. The summed E-state index contributed by atoms with van der Waals surface area (Å²) in [6.07, 6.45) is 2.95. The van der Waals surface area contributed by atoms with Gasteiger partial charge in [-0.2, -0.15) is 0 Å². The molecule has 0 spiro atoms. The number of halogens is 1. The maximum absolute atomic E-state index is 12.8. The number of carbonyl (C=O) groups excluding carboxylic acids is 2. The summed E-state index contributed by atoms with van der Waals surface area (Å²) in [6.45, 7) is 0.832. The molecule has 1 aliphatic heterocycles. The van der Waals surface area contributed by atoms with Gasteiger partial charge in [0.15, 0.2) is 6.61 Å². The zero-order valence-corrected chi connectivity index (χ0v) is 17.4. The number of rotatable bonds is 6. The van der Waals surface area contributed by atoms with Gasteiger partial charge in [-0.25, -0.2) is 4.68 Å². The van der Waals surface area contributed by atoms with Gasteiger partial charge >= 0.3 is 0 Å². The van der Waals surface area contributed by atoms with Crippen LogP contribution in [0.2, 0.25) is 5.02 Å². The van der Waals surface area contributed by atoms with Gasteiger partial charge in [0.25, 0.3) is 5.91 Å². The summed E-state index contributed by atoms with van der Waals surface area (Å²) in [5.41, 5.74) is 1.38. The van der Waals surface area contributed by atoms with Crippen LogP contribution in [0.4, 0.5) is 5.69 Å². The van der Waals surface area contributed by atoms with Gasteiger partial charge in [-0.1, -0.05) is 29.8 Å². The van der Waals surface area contributed by atoms with Crippen molar-refractivity contribution < 1.29 is 14.3 Å². The van der Waals surface area contributed by atoms with E-state index in [0.717, 1.165) is 12.1 Å². The fourth-order valence-corrected chi connectivity index (χ4v) is 3.65. The van der Waals surface area contributed by atoms with Crippen LogP contribution in [-0.2, 0) is 9.59 Å². The summed E-state index contributed by atoms with van der Waals surface area (Å²) in [6, 6.07) is 14.3. The molecule has 0 unspecified atom stereocenters. The van der Waals surface area contributed by atoms with Crippen molar-refractivity contribution in [2.24, 2.45) is 5.92 Å². The van der Waals surface area contributed by atoms with Gasteiger partial charge in [-0.3, -0.25) is 9.59 Å². The van der Waals surface area contributed by atoms with Crippen LogP contribution in [0.25, 0.3) is 5.69 Å². The number of para-hydroxylation sites is 1. The van der Waals surface area contributed by atoms with Crippen LogP contribution in [0, 0.1) is 5.92 Å². The molecule has 10 heteroatoms. The summed E-state index contributed by atoms with van der Waals surface area (Å²) in [5, 5.41) is 14.5. The average Bonchev–Trinajstić information content (AvgIpc) is 3.34. The van der Waals surface area contributed by atoms with Crippen molar-refractivity contribution in [2.75, 3.05) is 25.0 Å². The number of hydrogen-bond donors (Lipinski definition) is 1. The number of nitrogens with zero attached hydrogens (tertiary/aromatic N) is 5. The normalized spacial score (nSPS) is 16.0. The molecular weight excluding hydrogens is 420 g/mol. The molecule has 4 rings (SSSR count).